The predicted molar refractivity (Wildman–Crippen MR) is 59.5 cm³/mol. The molecule has 0 spiro atoms. The van der Waals surface area contributed by atoms with Gasteiger partial charge in [-0.25, -0.2) is 17.6 Å². The fourth-order valence-corrected chi connectivity index (χ4v) is 1.95. The molecule has 7 heteroatoms. The van der Waals surface area contributed by atoms with E-state index < -0.39 is 42.3 Å². The lowest BCUT2D eigenvalue weighted by molar-refractivity contribution is -0.0901. The standard InChI is InChI=1S/C11H8BrF4NO/c12-9-7(13)1-5(2-8(9)14)10(18)17-6-3-11(15,16)4-6/h1-2,6H,3-4H2,(H,17,18). The smallest absolute Gasteiger partial charge is 0.252 e. The van der Waals surface area contributed by atoms with Crippen LogP contribution in [0, 0.1) is 11.6 Å². The molecule has 0 atom stereocenters. The highest BCUT2D eigenvalue weighted by molar-refractivity contribution is 9.10. The molecule has 1 aliphatic carbocycles. The molecule has 0 aromatic heterocycles. The Hall–Kier alpha value is -1.11. The monoisotopic (exact) mass is 325 g/mol. The van der Waals surface area contributed by atoms with E-state index in [1.807, 2.05) is 0 Å². The average Bonchev–Trinajstić information content (AvgIpc) is 2.22. The summed E-state index contributed by atoms with van der Waals surface area (Å²) in [7, 11) is 0. The van der Waals surface area contributed by atoms with E-state index >= 15 is 0 Å². The summed E-state index contributed by atoms with van der Waals surface area (Å²) >= 11 is 2.67. The molecule has 0 saturated heterocycles. The second-order valence-corrected chi connectivity index (χ2v) is 4.98. The molecule has 2 rings (SSSR count). The van der Waals surface area contributed by atoms with Crippen LogP contribution in [0.3, 0.4) is 0 Å². The lowest BCUT2D eigenvalue weighted by atomic mass is 9.88. The van der Waals surface area contributed by atoms with Crippen molar-refractivity contribution >= 4 is 21.8 Å². The number of amides is 1. The summed E-state index contributed by atoms with van der Waals surface area (Å²) in [6, 6.07) is 1.04. The molecule has 1 amide bonds. The number of carbonyl (C=O) groups is 1. The molecule has 0 heterocycles. The van der Waals surface area contributed by atoms with Crippen LogP contribution < -0.4 is 5.32 Å². The zero-order chi connectivity index (χ0) is 13.5. The first-order valence-corrected chi connectivity index (χ1v) is 5.91. The molecule has 1 saturated carbocycles. The lowest BCUT2D eigenvalue weighted by Gasteiger charge is -2.35. The Morgan fingerprint density at radius 1 is 1.28 bits per heavy atom. The minimum Gasteiger partial charge on any atom is -0.349 e. The van der Waals surface area contributed by atoms with Crippen LogP contribution in [0.25, 0.3) is 0 Å². The Morgan fingerprint density at radius 3 is 2.22 bits per heavy atom. The van der Waals surface area contributed by atoms with Gasteiger partial charge in [-0.15, -0.1) is 0 Å². The van der Waals surface area contributed by atoms with Crippen molar-refractivity contribution in [1.29, 1.82) is 0 Å². The van der Waals surface area contributed by atoms with Crippen LogP contribution >= 0.6 is 15.9 Å². The summed E-state index contributed by atoms with van der Waals surface area (Å²) < 4.78 is 51.1. The van der Waals surface area contributed by atoms with Gasteiger partial charge in [0, 0.05) is 24.4 Å². The maximum Gasteiger partial charge on any atom is 0.252 e. The summed E-state index contributed by atoms with van der Waals surface area (Å²) in [6.07, 6.45) is -0.888. The molecule has 0 bridgehead atoms. The lowest BCUT2D eigenvalue weighted by Crippen LogP contribution is -2.50. The van der Waals surface area contributed by atoms with Gasteiger partial charge in [0.25, 0.3) is 11.8 Å². The van der Waals surface area contributed by atoms with Crippen LogP contribution in [0.15, 0.2) is 16.6 Å². The minimum absolute atomic E-state index is 0.233. The van der Waals surface area contributed by atoms with Gasteiger partial charge in [-0.05, 0) is 28.1 Å². The second kappa shape index (κ2) is 4.53. The molecule has 98 valence electrons. The van der Waals surface area contributed by atoms with Gasteiger partial charge in [-0.1, -0.05) is 0 Å². The quantitative estimate of drug-likeness (QED) is 0.656. The number of alkyl halides is 2. The first kappa shape index (κ1) is 13.3. The molecule has 1 fully saturated rings. The molecule has 1 aromatic carbocycles. The Bertz CT molecular complexity index is 475. The molecule has 0 aliphatic heterocycles. The summed E-state index contributed by atoms with van der Waals surface area (Å²) in [6.45, 7) is 0. The first-order chi connectivity index (χ1) is 8.28. The van der Waals surface area contributed by atoms with Crippen LogP contribution in [0.2, 0.25) is 0 Å². The number of nitrogens with one attached hydrogen (secondary N) is 1. The molecule has 0 unspecified atom stereocenters. The van der Waals surface area contributed by atoms with Gasteiger partial charge in [-0.3, -0.25) is 4.79 Å². The Balaban J connectivity index is 2.06. The van der Waals surface area contributed by atoms with Crippen molar-refractivity contribution in [3.05, 3.63) is 33.8 Å². The van der Waals surface area contributed by atoms with Crippen LogP contribution in [0.1, 0.15) is 23.2 Å². The van der Waals surface area contributed by atoms with Crippen molar-refractivity contribution in [3.63, 3.8) is 0 Å². The van der Waals surface area contributed by atoms with Crippen LogP contribution in [-0.4, -0.2) is 17.9 Å². The molecule has 1 N–H and O–H groups in total. The summed E-state index contributed by atoms with van der Waals surface area (Å²) in [4.78, 5) is 11.6. The highest BCUT2D eigenvalue weighted by Crippen LogP contribution is 2.37. The van der Waals surface area contributed by atoms with E-state index in [0.29, 0.717) is 0 Å². The van der Waals surface area contributed by atoms with Crippen molar-refractivity contribution in [2.75, 3.05) is 0 Å². The SMILES string of the molecule is O=C(NC1CC(F)(F)C1)c1cc(F)c(Br)c(F)c1. The zero-order valence-corrected chi connectivity index (χ0v) is 10.5. The van der Waals surface area contributed by atoms with Crippen LogP contribution in [-0.2, 0) is 0 Å². The Kier molecular flexibility index (Phi) is 3.35. The van der Waals surface area contributed by atoms with Gasteiger partial charge in [0.15, 0.2) is 0 Å². The number of rotatable bonds is 2. The maximum atomic E-state index is 13.2. The van der Waals surface area contributed by atoms with E-state index in [9.17, 15) is 22.4 Å². The van der Waals surface area contributed by atoms with Crippen LogP contribution in [0.4, 0.5) is 17.6 Å². The van der Waals surface area contributed by atoms with Crippen molar-refractivity contribution in [3.8, 4) is 0 Å². The predicted octanol–water partition coefficient (Wildman–Crippen LogP) is 3.25. The highest BCUT2D eigenvalue weighted by Gasteiger charge is 2.45. The summed E-state index contributed by atoms with van der Waals surface area (Å²) in [5.74, 6) is -5.35. The highest BCUT2D eigenvalue weighted by atomic mass is 79.9. The molecule has 1 aromatic rings. The van der Waals surface area contributed by atoms with Crippen molar-refractivity contribution in [2.45, 2.75) is 24.8 Å². The topological polar surface area (TPSA) is 29.1 Å². The van der Waals surface area contributed by atoms with E-state index in [4.69, 9.17) is 0 Å². The summed E-state index contributed by atoms with van der Waals surface area (Å²) in [5, 5.41) is 2.29. The van der Waals surface area contributed by atoms with Gasteiger partial charge in [-0.2, -0.15) is 0 Å². The maximum absolute atomic E-state index is 13.2. The zero-order valence-electron chi connectivity index (χ0n) is 8.94. The third-order valence-corrected chi connectivity index (χ3v) is 3.43. The molecule has 0 radical (unpaired) electrons. The summed E-state index contributed by atoms with van der Waals surface area (Å²) in [5.41, 5.74) is -0.233. The van der Waals surface area contributed by atoms with Gasteiger partial charge < -0.3 is 5.32 Å². The van der Waals surface area contributed by atoms with E-state index in [-0.39, 0.29) is 10.0 Å². The molecular weight excluding hydrogens is 318 g/mol. The normalized spacial score (nSPS) is 18.3. The largest absolute Gasteiger partial charge is 0.349 e. The number of hydrogen-bond donors (Lipinski definition) is 1. The molecule has 18 heavy (non-hydrogen) atoms. The number of carbonyl (C=O) groups excluding carboxylic acids is 1. The average molecular weight is 326 g/mol. The first-order valence-electron chi connectivity index (χ1n) is 5.12. The molecule has 2 nitrogen and oxygen atoms in total. The van der Waals surface area contributed by atoms with Crippen molar-refractivity contribution in [2.24, 2.45) is 0 Å². The fraction of sp³-hybridized carbons (Fsp3) is 0.364. The number of benzene rings is 1. The fourth-order valence-electron chi connectivity index (χ4n) is 1.72. The van der Waals surface area contributed by atoms with Gasteiger partial charge in [0.1, 0.15) is 11.6 Å². The number of halogens is 5. The van der Waals surface area contributed by atoms with Gasteiger partial charge in [0.05, 0.1) is 4.47 Å². The second-order valence-electron chi connectivity index (χ2n) is 4.19. The van der Waals surface area contributed by atoms with Crippen molar-refractivity contribution < 1.29 is 22.4 Å². The third kappa shape index (κ3) is 2.66. The van der Waals surface area contributed by atoms with E-state index in [1.54, 1.807) is 0 Å². The third-order valence-electron chi connectivity index (χ3n) is 2.67. The van der Waals surface area contributed by atoms with E-state index in [0.717, 1.165) is 12.1 Å². The Morgan fingerprint density at radius 2 is 1.78 bits per heavy atom. The minimum atomic E-state index is -2.76. The van der Waals surface area contributed by atoms with Crippen LogP contribution in [0.5, 0.6) is 0 Å². The van der Waals surface area contributed by atoms with E-state index in [1.165, 1.54) is 0 Å². The number of hydrogen-bond acceptors (Lipinski definition) is 1. The van der Waals surface area contributed by atoms with Gasteiger partial charge >= 0.3 is 0 Å². The van der Waals surface area contributed by atoms with Crippen molar-refractivity contribution in [1.82, 2.24) is 5.32 Å². The van der Waals surface area contributed by atoms with E-state index in [2.05, 4.69) is 21.2 Å². The Labute approximate surface area is 108 Å². The molecule has 1 aliphatic rings. The molecular formula is C11H8BrF4NO. The van der Waals surface area contributed by atoms with Gasteiger partial charge in [0.2, 0.25) is 0 Å².